The lowest BCUT2D eigenvalue weighted by atomic mass is 10.2. The van der Waals surface area contributed by atoms with Gasteiger partial charge in [0.1, 0.15) is 0 Å². The molecule has 1 heterocycles. The van der Waals surface area contributed by atoms with Crippen LogP contribution in [0.15, 0.2) is 0 Å². The Labute approximate surface area is 112 Å². The molecule has 0 aromatic rings. The molecule has 2 atom stereocenters. The van der Waals surface area contributed by atoms with Crippen LogP contribution in [0.4, 0.5) is 4.79 Å². The van der Waals surface area contributed by atoms with E-state index in [1.54, 1.807) is 0 Å². The number of nitrogens with one attached hydrogen (secondary N) is 2. The topological polar surface area (TPSA) is 96.9 Å². The minimum atomic E-state index is -0.942. The first-order valence-electron chi connectivity index (χ1n) is 6.61. The summed E-state index contributed by atoms with van der Waals surface area (Å²) in [6.07, 6.45) is 0.970. The molecule has 110 valence electrons. The van der Waals surface area contributed by atoms with Gasteiger partial charge in [-0.1, -0.05) is 0 Å². The van der Waals surface area contributed by atoms with E-state index in [1.165, 1.54) is 0 Å². The minimum Gasteiger partial charge on any atom is -0.479 e. The molecular formula is C12H22N2O5. The molecule has 0 radical (unpaired) electrons. The fraction of sp³-hybridized carbons (Fsp3) is 0.833. The van der Waals surface area contributed by atoms with Crippen LogP contribution >= 0.6 is 0 Å². The Hall–Kier alpha value is -1.34. The average molecular weight is 274 g/mol. The lowest BCUT2D eigenvalue weighted by Gasteiger charge is -2.13. The Bertz CT molecular complexity index is 298. The average Bonchev–Trinajstić information content (AvgIpc) is 2.85. The Morgan fingerprint density at radius 1 is 1.37 bits per heavy atom. The Morgan fingerprint density at radius 3 is 2.79 bits per heavy atom. The van der Waals surface area contributed by atoms with E-state index in [4.69, 9.17) is 14.6 Å². The van der Waals surface area contributed by atoms with E-state index in [0.717, 1.165) is 6.42 Å². The van der Waals surface area contributed by atoms with E-state index in [0.29, 0.717) is 39.1 Å². The van der Waals surface area contributed by atoms with E-state index in [2.05, 4.69) is 10.6 Å². The summed E-state index contributed by atoms with van der Waals surface area (Å²) in [7, 11) is 0. The number of ether oxygens (including phenoxy) is 2. The van der Waals surface area contributed by atoms with Crippen molar-refractivity contribution >= 4 is 12.0 Å². The lowest BCUT2D eigenvalue weighted by molar-refractivity contribution is -0.149. The quantitative estimate of drug-likeness (QED) is 0.555. The molecule has 3 N–H and O–H groups in total. The molecule has 7 nitrogen and oxygen atoms in total. The highest BCUT2D eigenvalue weighted by Gasteiger charge is 2.30. The number of hydrogen-bond acceptors (Lipinski definition) is 4. The number of urea groups is 1. The highest BCUT2D eigenvalue weighted by atomic mass is 16.5. The Kier molecular flexibility index (Phi) is 7.20. The van der Waals surface area contributed by atoms with Crippen LogP contribution in [-0.2, 0) is 14.3 Å². The van der Waals surface area contributed by atoms with Gasteiger partial charge in [0.05, 0.1) is 6.10 Å². The van der Waals surface area contributed by atoms with Gasteiger partial charge in [0.15, 0.2) is 6.10 Å². The number of hydrogen-bond donors (Lipinski definition) is 3. The number of carboxylic acid groups (broad SMARTS) is 1. The van der Waals surface area contributed by atoms with Crippen molar-refractivity contribution in [2.24, 2.45) is 0 Å². The molecule has 1 aliphatic heterocycles. The summed E-state index contributed by atoms with van der Waals surface area (Å²) in [5, 5.41) is 14.1. The van der Waals surface area contributed by atoms with E-state index in [-0.39, 0.29) is 12.1 Å². The van der Waals surface area contributed by atoms with Crippen LogP contribution in [0.2, 0.25) is 0 Å². The van der Waals surface area contributed by atoms with Crippen molar-refractivity contribution in [2.45, 2.75) is 38.4 Å². The summed E-state index contributed by atoms with van der Waals surface area (Å²) in [4.78, 5) is 22.1. The van der Waals surface area contributed by atoms with Gasteiger partial charge in [-0.25, -0.2) is 9.59 Å². The van der Waals surface area contributed by atoms with Crippen LogP contribution < -0.4 is 10.6 Å². The van der Waals surface area contributed by atoms with Crippen molar-refractivity contribution in [3.63, 3.8) is 0 Å². The maximum absolute atomic E-state index is 11.4. The van der Waals surface area contributed by atoms with Crippen molar-refractivity contribution in [1.29, 1.82) is 0 Å². The number of carboxylic acids is 1. The van der Waals surface area contributed by atoms with Gasteiger partial charge in [0.2, 0.25) is 0 Å². The molecule has 0 saturated carbocycles. The molecule has 2 amide bonds. The largest absolute Gasteiger partial charge is 0.479 e. The summed E-state index contributed by atoms with van der Waals surface area (Å²) in [5.74, 6) is -0.942. The highest BCUT2D eigenvalue weighted by Crippen LogP contribution is 2.18. The lowest BCUT2D eigenvalue weighted by Crippen LogP contribution is -2.40. The molecule has 0 aliphatic carbocycles. The standard InChI is InChI=1S/C12H22N2O5/c1-2-18-7-3-6-13-12(17)14-8-9-4-5-10(19-9)11(15)16/h9-10H,2-8H2,1H3,(H,15,16)(H2,13,14,17). The van der Waals surface area contributed by atoms with Crippen LogP contribution in [0.5, 0.6) is 0 Å². The fourth-order valence-electron chi connectivity index (χ4n) is 1.83. The van der Waals surface area contributed by atoms with E-state index >= 15 is 0 Å². The molecule has 2 unspecified atom stereocenters. The Balaban J connectivity index is 2.03. The van der Waals surface area contributed by atoms with Crippen LogP contribution in [0.3, 0.4) is 0 Å². The number of carbonyl (C=O) groups excluding carboxylic acids is 1. The predicted molar refractivity (Wildman–Crippen MR) is 68.0 cm³/mol. The maximum Gasteiger partial charge on any atom is 0.332 e. The fourth-order valence-corrected chi connectivity index (χ4v) is 1.83. The van der Waals surface area contributed by atoms with Gasteiger partial charge in [-0.2, -0.15) is 0 Å². The number of rotatable bonds is 8. The summed E-state index contributed by atoms with van der Waals surface area (Å²) in [6.45, 7) is 4.11. The molecule has 1 rings (SSSR count). The molecule has 0 spiro atoms. The summed E-state index contributed by atoms with van der Waals surface area (Å²) >= 11 is 0. The molecule has 0 bridgehead atoms. The summed E-state index contributed by atoms with van der Waals surface area (Å²) < 4.78 is 10.4. The number of aliphatic carboxylic acids is 1. The number of carbonyl (C=O) groups is 2. The zero-order valence-corrected chi connectivity index (χ0v) is 11.2. The second kappa shape index (κ2) is 8.71. The minimum absolute atomic E-state index is 0.213. The molecule has 0 aromatic carbocycles. The van der Waals surface area contributed by atoms with Crippen molar-refractivity contribution in [3.05, 3.63) is 0 Å². The first kappa shape index (κ1) is 15.7. The van der Waals surface area contributed by atoms with Gasteiger partial charge in [0.25, 0.3) is 0 Å². The predicted octanol–water partition coefficient (Wildman–Crippen LogP) is 0.344. The van der Waals surface area contributed by atoms with Crippen LogP contribution in [0, 0.1) is 0 Å². The molecule has 1 fully saturated rings. The molecule has 7 heteroatoms. The van der Waals surface area contributed by atoms with Gasteiger partial charge in [-0.15, -0.1) is 0 Å². The van der Waals surface area contributed by atoms with Gasteiger partial charge < -0.3 is 25.2 Å². The Morgan fingerprint density at radius 2 is 2.16 bits per heavy atom. The van der Waals surface area contributed by atoms with E-state index in [9.17, 15) is 9.59 Å². The second-order valence-corrected chi connectivity index (χ2v) is 4.35. The third-order valence-electron chi connectivity index (χ3n) is 2.83. The SMILES string of the molecule is CCOCCCNC(=O)NCC1CCC(C(=O)O)O1. The van der Waals surface area contributed by atoms with Crippen LogP contribution in [-0.4, -0.2) is 55.6 Å². The first-order valence-corrected chi connectivity index (χ1v) is 6.61. The molecule has 1 aliphatic rings. The second-order valence-electron chi connectivity index (χ2n) is 4.35. The van der Waals surface area contributed by atoms with E-state index in [1.807, 2.05) is 6.92 Å². The maximum atomic E-state index is 11.4. The zero-order valence-electron chi connectivity index (χ0n) is 11.2. The van der Waals surface area contributed by atoms with Gasteiger partial charge in [-0.05, 0) is 26.2 Å². The van der Waals surface area contributed by atoms with Gasteiger partial charge in [0, 0.05) is 26.3 Å². The van der Waals surface area contributed by atoms with Crippen LogP contribution in [0.1, 0.15) is 26.2 Å². The molecule has 0 aromatic heterocycles. The molecule has 19 heavy (non-hydrogen) atoms. The number of amides is 2. The van der Waals surface area contributed by atoms with Crippen molar-refractivity contribution in [2.75, 3.05) is 26.3 Å². The third-order valence-corrected chi connectivity index (χ3v) is 2.83. The van der Waals surface area contributed by atoms with Gasteiger partial charge >= 0.3 is 12.0 Å². The summed E-state index contributed by atoms with van der Waals surface area (Å²) in [6, 6.07) is -0.265. The van der Waals surface area contributed by atoms with Crippen molar-refractivity contribution < 1.29 is 24.2 Å². The van der Waals surface area contributed by atoms with E-state index < -0.39 is 12.1 Å². The van der Waals surface area contributed by atoms with Crippen molar-refractivity contribution in [3.8, 4) is 0 Å². The van der Waals surface area contributed by atoms with Crippen molar-refractivity contribution in [1.82, 2.24) is 10.6 Å². The normalized spacial score (nSPS) is 22.2. The smallest absolute Gasteiger partial charge is 0.332 e. The monoisotopic (exact) mass is 274 g/mol. The molecule has 1 saturated heterocycles. The third kappa shape index (κ3) is 6.40. The molecular weight excluding hydrogens is 252 g/mol. The first-order chi connectivity index (χ1) is 9.13. The zero-order chi connectivity index (χ0) is 14.1. The van der Waals surface area contributed by atoms with Crippen LogP contribution in [0.25, 0.3) is 0 Å². The van der Waals surface area contributed by atoms with Gasteiger partial charge in [-0.3, -0.25) is 0 Å². The summed E-state index contributed by atoms with van der Waals surface area (Å²) in [5.41, 5.74) is 0. The highest BCUT2D eigenvalue weighted by molar-refractivity contribution is 5.74.